The van der Waals surface area contributed by atoms with Crippen molar-refractivity contribution in [2.24, 2.45) is 5.41 Å². The molecule has 0 saturated heterocycles. The molecule has 2 heteroatoms. The van der Waals surface area contributed by atoms with Crippen molar-refractivity contribution in [1.29, 1.82) is 0 Å². The van der Waals surface area contributed by atoms with Gasteiger partial charge in [-0.3, -0.25) is 0 Å². The van der Waals surface area contributed by atoms with E-state index in [0.29, 0.717) is 5.41 Å². The van der Waals surface area contributed by atoms with Gasteiger partial charge in [0.2, 0.25) is 0 Å². The van der Waals surface area contributed by atoms with Crippen LogP contribution in [-0.4, -0.2) is 13.2 Å². The van der Waals surface area contributed by atoms with E-state index in [-0.39, 0.29) is 0 Å². The highest BCUT2D eigenvalue weighted by Crippen LogP contribution is 2.30. The van der Waals surface area contributed by atoms with Crippen LogP contribution in [0.25, 0.3) is 0 Å². The van der Waals surface area contributed by atoms with E-state index in [1.807, 2.05) is 0 Å². The van der Waals surface area contributed by atoms with Gasteiger partial charge in [0.15, 0.2) is 0 Å². The number of anilines is 1. The summed E-state index contributed by atoms with van der Waals surface area (Å²) in [5.74, 6) is 1.00. The summed E-state index contributed by atoms with van der Waals surface area (Å²) in [6.45, 7) is 8.44. The highest BCUT2D eigenvalue weighted by molar-refractivity contribution is 5.59. The van der Waals surface area contributed by atoms with E-state index >= 15 is 0 Å². The van der Waals surface area contributed by atoms with Gasteiger partial charge in [-0.2, -0.15) is 0 Å². The van der Waals surface area contributed by atoms with Crippen LogP contribution in [0.5, 0.6) is 5.75 Å². The summed E-state index contributed by atoms with van der Waals surface area (Å²) >= 11 is 0. The van der Waals surface area contributed by atoms with Gasteiger partial charge in [0, 0.05) is 6.54 Å². The minimum Gasteiger partial charge on any atom is -0.490 e. The number of rotatable bonds is 1. The summed E-state index contributed by atoms with van der Waals surface area (Å²) in [4.78, 5) is 0. The summed E-state index contributed by atoms with van der Waals surface area (Å²) < 4.78 is 5.62. The Morgan fingerprint density at radius 1 is 1.33 bits per heavy atom. The Kier molecular flexibility index (Phi) is 2.59. The lowest BCUT2D eigenvalue weighted by Crippen LogP contribution is -2.18. The first-order chi connectivity index (χ1) is 7.04. The molecule has 0 radical (unpaired) electrons. The van der Waals surface area contributed by atoms with Gasteiger partial charge in [-0.05, 0) is 29.5 Å². The third-order valence-corrected chi connectivity index (χ3v) is 2.46. The zero-order chi connectivity index (χ0) is 10.9. The molecule has 0 saturated carbocycles. The molecule has 0 fully saturated rings. The van der Waals surface area contributed by atoms with E-state index in [4.69, 9.17) is 4.74 Å². The smallest absolute Gasteiger partial charge is 0.142 e. The molecule has 1 heterocycles. The first-order valence-electron chi connectivity index (χ1n) is 5.54. The third-order valence-electron chi connectivity index (χ3n) is 2.46. The number of hydrogen-bond donors (Lipinski definition) is 1. The van der Waals surface area contributed by atoms with E-state index in [2.05, 4.69) is 44.3 Å². The summed E-state index contributed by atoms with van der Waals surface area (Å²) in [6, 6.07) is 6.47. The lowest BCUT2D eigenvalue weighted by atomic mass is 9.88. The van der Waals surface area contributed by atoms with Crippen molar-refractivity contribution in [3.63, 3.8) is 0 Å². The fraction of sp³-hybridized carbons (Fsp3) is 0.538. The van der Waals surface area contributed by atoms with Crippen LogP contribution < -0.4 is 10.1 Å². The molecule has 15 heavy (non-hydrogen) atoms. The monoisotopic (exact) mass is 205 g/mol. The van der Waals surface area contributed by atoms with E-state index < -0.39 is 0 Å². The molecule has 1 aliphatic rings. The summed E-state index contributed by atoms with van der Waals surface area (Å²) in [7, 11) is 0. The van der Waals surface area contributed by atoms with Crippen molar-refractivity contribution in [3.05, 3.63) is 23.8 Å². The summed E-state index contributed by atoms with van der Waals surface area (Å²) in [6.07, 6.45) is 1.09. The number of hydrogen-bond acceptors (Lipinski definition) is 2. The molecule has 1 aliphatic heterocycles. The van der Waals surface area contributed by atoms with E-state index in [9.17, 15) is 0 Å². The molecule has 0 bridgehead atoms. The van der Waals surface area contributed by atoms with Gasteiger partial charge in [-0.15, -0.1) is 0 Å². The summed E-state index contributed by atoms with van der Waals surface area (Å²) in [5.41, 5.74) is 2.81. The predicted octanol–water partition coefficient (Wildman–Crippen LogP) is 3.08. The molecule has 0 atom stereocenters. The van der Waals surface area contributed by atoms with Crippen molar-refractivity contribution in [2.45, 2.75) is 27.2 Å². The normalized spacial score (nSPS) is 15.1. The molecule has 1 aromatic rings. The van der Waals surface area contributed by atoms with Gasteiger partial charge in [0.25, 0.3) is 0 Å². The zero-order valence-corrected chi connectivity index (χ0v) is 9.76. The maximum atomic E-state index is 5.62. The fourth-order valence-corrected chi connectivity index (χ4v) is 1.90. The lowest BCUT2D eigenvalue weighted by molar-refractivity contribution is 0.322. The lowest BCUT2D eigenvalue weighted by Gasteiger charge is -2.22. The Hall–Kier alpha value is -1.18. The average molecular weight is 205 g/mol. The Balaban J connectivity index is 2.21. The van der Waals surface area contributed by atoms with Crippen LogP contribution in [0.1, 0.15) is 26.3 Å². The van der Waals surface area contributed by atoms with Crippen LogP contribution in [-0.2, 0) is 6.42 Å². The molecule has 1 aromatic carbocycles. The minimum atomic E-state index is 0.330. The maximum Gasteiger partial charge on any atom is 0.142 e. The zero-order valence-electron chi connectivity index (χ0n) is 9.76. The molecule has 0 unspecified atom stereocenters. The van der Waals surface area contributed by atoms with Gasteiger partial charge < -0.3 is 10.1 Å². The highest BCUT2D eigenvalue weighted by atomic mass is 16.5. The Labute approximate surface area is 91.6 Å². The Morgan fingerprint density at radius 2 is 2.13 bits per heavy atom. The second-order valence-electron chi connectivity index (χ2n) is 5.34. The standard InChI is InChI=1S/C13H19NO/c1-13(2,3)9-10-4-5-11-12(8-10)15-7-6-14-11/h4-5,8,14H,6-7,9H2,1-3H3. The number of ether oxygens (including phenoxy) is 1. The molecule has 2 nitrogen and oxygen atoms in total. The van der Waals surface area contributed by atoms with E-state index in [1.165, 1.54) is 5.56 Å². The van der Waals surface area contributed by atoms with Gasteiger partial charge in [-0.25, -0.2) is 0 Å². The topological polar surface area (TPSA) is 21.3 Å². The molecular formula is C13H19NO. The van der Waals surface area contributed by atoms with Gasteiger partial charge in [0.05, 0.1) is 5.69 Å². The van der Waals surface area contributed by atoms with Crippen LogP contribution in [0, 0.1) is 5.41 Å². The van der Waals surface area contributed by atoms with Gasteiger partial charge in [0.1, 0.15) is 12.4 Å². The molecule has 1 N–H and O–H groups in total. The van der Waals surface area contributed by atoms with Gasteiger partial charge >= 0.3 is 0 Å². The van der Waals surface area contributed by atoms with Crippen LogP contribution in [0.3, 0.4) is 0 Å². The Bertz CT molecular complexity index is 352. The van der Waals surface area contributed by atoms with Crippen molar-refractivity contribution in [2.75, 3.05) is 18.5 Å². The average Bonchev–Trinajstić information content (AvgIpc) is 2.15. The predicted molar refractivity (Wildman–Crippen MR) is 63.6 cm³/mol. The Morgan fingerprint density at radius 3 is 2.87 bits per heavy atom. The van der Waals surface area contributed by atoms with Crippen molar-refractivity contribution in [1.82, 2.24) is 0 Å². The number of nitrogens with one attached hydrogen (secondary N) is 1. The van der Waals surface area contributed by atoms with E-state index in [0.717, 1.165) is 31.0 Å². The van der Waals surface area contributed by atoms with Crippen LogP contribution in [0.15, 0.2) is 18.2 Å². The fourth-order valence-electron chi connectivity index (χ4n) is 1.90. The molecule has 0 amide bonds. The van der Waals surface area contributed by atoms with Gasteiger partial charge in [-0.1, -0.05) is 26.8 Å². The van der Waals surface area contributed by atoms with E-state index in [1.54, 1.807) is 0 Å². The molecule has 0 aromatic heterocycles. The second-order valence-corrected chi connectivity index (χ2v) is 5.34. The van der Waals surface area contributed by atoms with Crippen molar-refractivity contribution in [3.8, 4) is 5.75 Å². The molecule has 82 valence electrons. The van der Waals surface area contributed by atoms with Crippen molar-refractivity contribution < 1.29 is 4.74 Å². The number of benzene rings is 1. The van der Waals surface area contributed by atoms with Crippen LogP contribution in [0.2, 0.25) is 0 Å². The minimum absolute atomic E-state index is 0.330. The van der Waals surface area contributed by atoms with Crippen LogP contribution in [0.4, 0.5) is 5.69 Å². The van der Waals surface area contributed by atoms with Crippen molar-refractivity contribution >= 4 is 5.69 Å². The number of fused-ring (bicyclic) bond motifs is 1. The quantitative estimate of drug-likeness (QED) is 0.760. The highest BCUT2D eigenvalue weighted by Gasteiger charge is 2.14. The molecule has 2 rings (SSSR count). The maximum absolute atomic E-state index is 5.62. The molecule has 0 spiro atoms. The molecule has 0 aliphatic carbocycles. The third kappa shape index (κ3) is 2.65. The first kappa shape index (κ1) is 10.3. The largest absolute Gasteiger partial charge is 0.490 e. The second kappa shape index (κ2) is 3.76. The SMILES string of the molecule is CC(C)(C)Cc1ccc2c(c1)OCCN2. The molecular weight excluding hydrogens is 186 g/mol. The van der Waals surface area contributed by atoms with Crippen LogP contribution >= 0.6 is 0 Å². The summed E-state index contributed by atoms with van der Waals surface area (Å²) in [5, 5.41) is 3.33. The first-order valence-corrected chi connectivity index (χ1v) is 5.54.